The van der Waals surface area contributed by atoms with Crippen molar-refractivity contribution in [2.45, 2.75) is 70.3 Å². The van der Waals surface area contributed by atoms with Crippen molar-refractivity contribution < 1.29 is 0 Å². The molecule has 0 heterocycles. The molecule has 0 radical (unpaired) electrons. The molecule has 1 heteroatoms. The van der Waals surface area contributed by atoms with Crippen molar-refractivity contribution >= 4 is 0 Å². The molecule has 0 saturated heterocycles. The first-order valence-electron chi connectivity index (χ1n) is 7.97. The largest absolute Gasteiger partial charge is 0.313 e. The Morgan fingerprint density at radius 1 is 0.947 bits per heavy atom. The van der Waals surface area contributed by atoms with Crippen LogP contribution in [0.1, 0.15) is 64.4 Å². The minimum Gasteiger partial charge on any atom is -0.313 e. The molecular formula is C18H29N. The topological polar surface area (TPSA) is 12.0 Å². The summed E-state index contributed by atoms with van der Waals surface area (Å²) in [5.41, 5.74) is 1.66. The lowest BCUT2D eigenvalue weighted by Gasteiger charge is -2.30. The Labute approximate surface area is 118 Å². The molecular weight excluding hydrogens is 230 g/mol. The van der Waals surface area contributed by atoms with E-state index in [1.165, 1.54) is 50.5 Å². The third kappa shape index (κ3) is 4.65. The molecule has 1 N–H and O–H groups in total. The van der Waals surface area contributed by atoms with Crippen molar-refractivity contribution in [3.8, 4) is 0 Å². The van der Waals surface area contributed by atoms with Gasteiger partial charge in [0, 0.05) is 18.0 Å². The number of benzene rings is 1. The Morgan fingerprint density at radius 3 is 2.16 bits per heavy atom. The predicted octanol–water partition coefficient (Wildman–Crippen LogP) is 4.67. The molecule has 1 fully saturated rings. The lowest BCUT2D eigenvalue weighted by atomic mass is 9.84. The van der Waals surface area contributed by atoms with Crippen molar-refractivity contribution in [1.29, 1.82) is 0 Å². The van der Waals surface area contributed by atoms with Crippen LogP contribution in [0, 0.1) is 0 Å². The first kappa shape index (κ1) is 14.6. The number of rotatable bonds is 4. The van der Waals surface area contributed by atoms with Crippen LogP contribution in [-0.2, 0) is 5.41 Å². The molecule has 1 nitrogen and oxygen atoms in total. The molecule has 0 aliphatic heterocycles. The van der Waals surface area contributed by atoms with Gasteiger partial charge >= 0.3 is 0 Å². The zero-order valence-corrected chi connectivity index (χ0v) is 12.6. The van der Waals surface area contributed by atoms with Crippen LogP contribution in [0.2, 0.25) is 0 Å². The summed E-state index contributed by atoms with van der Waals surface area (Å²) in [6.07, 6.45) is 9.85. The average Bonchev–Trinajstić information content (AvgIpc) is 2.38. The van der Waals surface area contributed by atoms with Crippen molar-refractivity contribution in [2.75, 3.05) is 6.54 Å². The highest BCUT2D eigenvalue weighted by atomic mass is 14.9. The molecule has 1 saturated carbocycles. The van der Waals surface area contributed by atoms with E-state index < -0.39 is 0 Å². The van der Waals surface area contributed by atoms with Crippen LogP contribution >= 0.6 is 0 Å². The minimum absolute atomic E-state index is 0.226. The summed E-state index contributed by atoms with van der Waals surface area (Å²) in [4.78, 5) is 0. The third-order valence-corrected chi connectivity index (χ3v) is 4.49. The van der Waals surface area contributed by atoms with E-state index in [-0.39, 0.29) is 5.41 Å². The van der Waals surface area contributed by atoms with Crippen molar-refractivity contribution in [3.05, 3.63) is 35.9 Å². The Kier molecular flexibility index (Phi) is 5.45. The first-order valence-corrected chi connectivity index (χ1v) is 7.97. The summed E-state index contributed by atoms with van der Waals surface area (Å²) >= 11 is 0. The zero-order chi connectivity index (χ0) is 13.6. The van der Waals surface area contributed by atoms with Gasteiger partial charge in [-0.2, -0.15) is 0 Å². The van der Waals surface area contributed by atoms with Crippen LogP contribution in [0.15, 0.2) is 30.3 Å². The van der Waals surface area contributed by atoms with Crippen LogP contribution < -0.4 is 5.32 Å². The Morgan fingerprint density at radius 2 is 1.53 bits per heavy atom. The van der Waals surface area contributed by atoms with Crippen LogP contribution in [-0.4, -0.2) is 12.6 Å². The minimum atomic E-state index is 0.226. The van der Waals surface area contributed by atoms with E-state index in [1.54, 1.807) is 0 Å². The van der Waals surface area contributed by atoms with Gasteiger partial charge in [-0.05, 0) is 18.4 Å². The molecule has 2 rings (SSSR count). The van der Waals surface area contributed by atoms with E-state index >= 15 is 0 Å². The standard InChI is InChI=1S/C18H29N/c1-18(2,16-11-7-6-8-12-16)15-19-17-13-9-4-3-5-10-14-17/h6-8,11-12,17,19H,3-5,9-10,13-15H2,1-2H3. The van der Waals surface area contributed by atoms with Gasteiger partial charge in [0.2, 0.25) is 0 Å². The fourth-order valence-electron chi connectivity index (χ4n) is 3.05. The van der Waals surface area contributed by atoms with Crippen LogP contribution in [0.3, 0.4) is 0 Å². The van der Waals surface area contributed by atoms with E-state index in [2.05, 4.69) is 49.5 Å². The summed E-state index contributed by atoms with van der Waals surface area (Å²) in [6.45, 7) is 5.78. The van der Waals surface area contributed by atoms with Gasteiger partial charge < -0.3 is 5.32 Å². The van der Waals surface area contributed by atoms with E-state index in [1.807, 2.05) is 0 Å². The van der Waals surface area contributed by atoms with Crippen LogP contribution in [0.5, 0.6) is 0 Å². The summed E-state index contributed by atoms with van der Waals surface area (Å²) < 4.78 is 0. The highest BCUT2D eigenvalue weighted by Gasteiger charge is 2.21. The molecule has 1 aromatic carbocycles. The van der Waals surface area contributed by atoms with E-state index in [0.717, 1.165) is 12.6 Å². The third-order valence-electron chi connectivity index (χ3n) is 4.49. The normalized spacial score (nSPS) is 18.8. The first-order chi connectivity index (χ1) is 9.18. The maximum Gasteiger partial charge on any atom is 0.00674 e. The van der Waals surface area contributed by atoms with Crippen LogP contribution in [0.4, 0.5) is 0 Å². The zero-order valence-electron chi connectivity index (χ0n) is 12.6. The van der Waals surface area contributed by atoms with Gasteiger partial charge in [0.15, 0.2) is 0 Å². The summed E-state index contributed by atoms with van der Waals surface area (Å²) in [5.74, 6) is 0. The molecule has 0 spiro atoms. The van der Waals surface area contributed by atoms with Gasteiger partial charge in [-0.25, -0.2) is 0 Å². The summed E-state index contributed by atoms with van der Waals surface area (Å²) in [6, 6.07) is 11.6. The second-order valence-corrected chi connectivity index (χ2v) is 6.67. The summed E-state index contributed by atoms with van der Waals surface area (Å²) in [5, 5.41) is 3.83. The molecule has 0 aromatic heterocycles. The number of hydrogen-bond acceptors (Lipinski definition) is 1. The number of hydrogen-bond donors (Lipinski definition) is 1. The fourth-order valence-corrected chi connectivity index (χ4v) is 3.05. The van der Waals surface area contributed by atoms with Crippen LogP contribution in [0.25, 0.3) is 0 Å². The molecule has 0 bridgehead atoms. The monoisotopic (exact) mass is 259 g/mol. The van der Waals surface area contributed by atoms with Crippen molar-refractivity contribution in [3.63, 3.8) is 0 Å². The summed E-state index contributed by atoms with van der Waals surface area (Å²) in [7, 11) is 0. The molecule has 1 aromatic rings. The Balaban J connectivity index is 1.86. The molecule has 1 aliphatic rings. The highest BCUT2D eigenvalue weighted by Crippen LogP contribution is 2.23. The molecule has 0 unspecified atom stereocenters. The molecule has 106 valence electrons. The van der Waals surface area contributed by atoms with Gasteiger partial charge in [0.25, 0.3) is 0 Å². The fraction of sp³-hybridized carbons (Fsp3) is 0.667. The predicted molar refractivity (Wildman–Crippen MR) is 83.6 cm³/mol. The SMILES string of the molecule is CC(C)(CNC1CCCCCCC1)c1ccccc1. The number of nitrogens with one attached hydrogen (secondary N) is 1. The van der Waals surface area contributed by atoms with Crippen molar-refractivity contribution in [1.82, 2.24) is 5.32 Å². The lowest BCUT2D eigenvalue weighted by molar-refractivity contribution is 0.354. The highest BCUT2D eigenvalue weighted by molar-refractivity contribution is 5.23. The maximum atomic E-state index is 3.83. The van der Waals surface area contributed by atoms with Gasteiger partial charge in [0.05, 0.1) is 0 Å². The molecule has 19 heavy (non-hydrogen) atoms. The second-order valence-electron chi connectivity index (χ2n) is 6.67. The van der Waals surface area contributed by atoms with E-state index in [4.69, 9.17) is 0 Å². The maximum absolute atomic E-state index is 3.83. The van der Waals surface area contributed by atoms with Gasteiger partial charge in [-0.3, -0.25) is 0 Å². The van der Waals surface area contributed by atoms with Gasteiger partial charge in [-0.1, -0.05) is 76.3 Å². The Hall–Kier alpha value is -0.820. The second kappa shape index (κ2) is 7.09. The molecule has 1 aliphatic carbocycles. The quantitative estimate of drug-likeness (QED) is 0.828. The van der Waals surface area contributed by atoms with Crippen molar-refractivity contribution in [2.24, 2.45) is 0 Å². The smallest absolute Gasteiger partial charge is 0.00674 e. The Bertz CT molecular complexity index is 347. The van der Waals surface area contributed by atoms with Gasteiger partial charge in [-0.15, -0.1) is 0 Å². The van der Waals surface area contributed by atoms with E-state index in [0.29, 0.717) is 0 Å². The molecule has 0 amide bonds. The molecule has 0 atom stereocenters. The average molecular weight is 259 g/mol. The lowest BCUT2D eigenvalue weighted by Crippen LogP contribution is -2.39. The van der Waals surface area contributed by atoms with Gasteiger partial charge in [0.1, 0.15) is 0 Å². The van der Waals surface area contributed by atoms with E-state index in [9.17, 15) is 0 Å².